The molecule has 0 unspecified atom stereocenters. The zero-order chi connectivity index (χ0) is 21.7. The van der Waals surface area contributed by atoms with Gasteiger partial charge in [0.2, 0.25) is 0 Å². The third kappa shape index (κ3) is 4.52. The van der Waals surface area contributed by atoms with Gasteiger partial charge >= 0.3 is 0 Å². The molecule has 7 heteroatoms. The molecule has 0 aromatic heterocycles. The summed E-state index contributed by atoms with van der Waals surface area (Å²) in [6, 6.07) is 20.7. The summed E-state index contributed by atoms with van der Waals surface area (Å²) >= 11 is 0. The molecule has 0 bridgehead atoms. The minimum atomic E-state index is -0.642. The number of nitrogens with one attached hydrogen (secondary N) is 1. The third-order valence-corrected chi connectivity index (χ3v) is 4.68. The molecule has 0 aliphatic rings. The van der Waals surface area contributed by atoms with Crippen molar-refractivity contribution in [3.8, 4) is 0 Å². The minimum Gasteiger partial charge on any atom is -0.337 e. The largest absolute Gasteiger partial charge is 0.337 e. The van der Waals surface area contributed by atoms with Crippen molar-refractivity contribution in [2.75, 3.05) is 12.4 Å². The quantitative estimate of drug-likeness (QED) is 0.487. The van der Waals surface area contributed by atoms with Crippen LogP contribution < -0.4 is 5.32 Å². The number of carbonyl (C=O) groups excluding carboxylic acids is 2. The topological polar surface area (TPSA) is 92.6 Å². The normalized spacial score (nSPS) is 10.3. The summed E-state index contributed by atoms with van der Waals surface area (Å²) in [4.78, 5) is 38.1. The highest BCUT2D eigenvalue weighted by atomic mass is 16.6. The molecule has 3 rings (SSSR count). The first-order valence-electron chi connectivity index (χ1n) is 9.32. The van der Waals surface area contributed by atoms with Crippen molar-refractivity contribution in [3.63, 3.8) is 0 Å². The van der Waals surface area contributed by atoms with Crippen LogP contribution in [0.15, 0.2) is 72.8 Å². The molecular formula is C23H21N3O4. The van der Waals surface area contributed by atoms with E-state index in [-0.39, 0.29) is 17.2 Å². The van der Waals surface area contributed by atoms with Gasteiger partial charge in [0.05, 0.1) is 16.2 Å². The van der Waals surface area contributed by atoms with E-state index in [1.54, 1.807) is 55.3 Å². The van der Waals surface area contributed by atoms with E-state index in [0.29, 0.717) is 23.4 Å². The number of nitrogens with zero attached hydrogens (tertiary/aromatic N) is 2. The summed E-state index contributed by atoms with van der Waals surface area (Å²) < 4.78 is 0. The van der Waals surface area contributed by atoms with Gasteiger partial charge in [0.15, 0.2) is 0 Å². The van der Waals surface area contributed by atoms with E-state index < -0.39 is 10.8 Å². The molecule has 0 fully saturated rings. The molecule has 152 valence electrons. The van der Waals surface area contributed by atoms with Gasteiger partial charge in [-0.1, -0.05) is 54.6 Å². The summed E-state index contributed by atoms with van der Waals surface area (Å²) in [5, 5.41) is 14.1. The molecule has 0 aliphatic heterocycles. The summed E-state index contributed by atoms with van der Waals surface area (Å²) in [6.07, 6.45) is 0. The molecule has 0 heterocycles. The van der Waals surface area contributed by atoms with Crippen LogP contribution in [0.4, 0.5) is 11.4 Å². The predicted molar refractivity (Wildman–Crippen MR) is 114 cm³/mol. The molecule has 2 amide bonds. The van der Waals surface area contributed by atoms with Crippen molar-refractivity contribution < 1.29 is 14.5 Å². The highest BCUT2D eigenvalue weighted by Gasteiger charge is 2.24. The Bertz CT molecular complexity index is 1100. The van der Waals surface area contributed by atoms with Gasteiger partial charge in [-0.25, -0.2) is 0 Å². The minimum absolute atomic E-state index is 0.0557. The van der Waals surface area contributed by atoms with Gasteiger partial charge in [0, 0.05) is 19.2 Å². The molecule has 0 spiro atoms. The van der Waals surface area contributed by atoms with E-state index in [2.05, 4.69) is 5.32 Å². The number of amides is 2. The van der Waals surface area contributed by atoms with Gasteiger partial charge in [-0.2, -0.15) is 0 Å². The van der Waals surface area contributed by atoms with Crippen LogP contribution in [0.1, 0.15) is 31.8 Å². The molecule has 0 aliphatic carbocycles. The highest BCUT2D eigenvalue weighted by molar-refractivity contribution is 6.10. The second-order valence-corrected chi connectivity index (χ2v) is 6.87. The van der Waals surface area contributed by atoms with Crippen LogP contribution >= 0.6 is 0 Å². The monoisotopic (exact) mass is 403 g/mol. The summed E-state index contributed by atoms with van der Waals surface area (Å²) in [7, 11) is 1.68. The van der Waals surface area contributed by atoms with Crippen molar-refractivity contribution in [3.05, 3.63) is 105 Å². The second kappa shape index (κ2) is 9.00. The van der Waals surface area contributed by atoms with Gasteiger partial charge < -0.3 is 10.2 Å². The van der Waals surface area contributed by atoms with Crippen LogP contribution in [-0.2, 0) is 6.54 Å². The van der Waals surface area contributed by atoms with E-state index >= 15 is 0 Å². The van der Waals surface area contributed by atoms with Gasteiger partial charge in [-0.3, -0.25) is 19.7 Å². The smallest absolute Gasteiger partial charge is 0.285 e. The summed E-state index contributed by atoms with van der Waals surface area (Å²) in [6.45, 7) is 1.98. The van der Waals surface area contributed by atoms with Gasteiger partial charge in [-0.05, 0) is 30.7 Å². The molecule has 1 N–H and O–H groups in total. The average molecular weight is 403 g/mol. The van der Waals surface area contributed by atoms with E-state index in [9.17, 15) is 19.7 Å². The Balaban J connectivity index is 1.86. The first-order valence-corrected chi connectivity index (χ1v) is 9.32. The lowest BCUT2D eigenvalue weighted by molar-refractivity contribution is -0.385. The first-order chi connectivity index (χ1) is 14.4. The average Bonchev–Trinajstić information content (AvgIpc) is 2.73. The fraction of sp³-hybridized carbons (Fsp3) is 0.130. The summed E-state index contributed by atoms with van der Waals surface area (Å²) in [5.41, 5.74) is 1.66. The standard InChI is InChI=1S/C23H21N3O4/c1-16-9-8-13-19(21(16)26(29)30)22(27)24-20-14-7-6-12-18(20)23(28)25(2)15-17-10-4-3-5-11-17/h3-14H,15H2,1-2H3,(H,24,27). The molecule has 3 aromatic carbocycles. The van der Waals surface area contributed by atoms with Crippen LogP contribution in [-0.4, -0.2) is 28.7 Å². The lowest BCUT2D eigenvalue weighted by Crippen LogP contribution is -2.27. The van der Waals surface area contributed by atoms with E-state index in [1.807, 2.05) is 30.3 Å². The number of nitro groups is 1. The fourth-order valence-electron chi connectivity index (χ4n) is 3.19. The molecule has 30 heavy (non-hydrogen) atoms. The maximum absolute atomic E-state index is 13.0. The van der Waals surface area contributed by atoms with Crippen molar-refractivity contribution in [2.45, 2.75) is 13.5 Å². The van der Waals surface area contributed by atoms with Crippen LogP contribution in [0.25, 0.3) is 0 Å². The van der Waals surface area contributed by atoms with Gasteiger partial charge in [0.1, 0.15) is 5.56 Å². The Morgan fingerprint density at radius 2 is 1.57 bits per heavy atom. The Morgan fingerprint density at radius 3 is 2.27 bits per heavy atom. The third-order valence-electron chi connectivity index (χ3n) is 4.68. The predicted octanol–water partition coefficient (Wildman–Crippen LogP) is 4.43. The van der Waals surface area contributed by atoms with E-state index in [4.69, 9.17) is 0 Å². The number of nitro benzene ring substituents is 1. The Kier molecular flexibility index (Phi) is 6.22. The summed E-state index contributed by atoms with van der Waals surface area (Å²) in [5.74, 6) is -0.912. The first kappa shape index (κ1) is 20.7. The number of para-hydroxylation sites is 2. The fourth-order valence-corrected chi connectivity index (χ4v) is 3.19. The Morgan fingerprint density at radius 1 is 0.933 bits per heavy atom. The van der Waals surface area contributed by atoms with E-state index in [0.717, 1.165) is 5.56 Å². The molecular weight excluding hydrogens is 382 g/mol. The van der Waals surface area contributed by atoms with Gasteiger partial charge in [0.25, 0.3) is 17.5 Å². The number of benzene rings is 3. The van der Waals surface area contributed by atoms with Crippen LogP contribution in [0.2, 0.25) is 0 Å². The SMILES string of the molecule is Cc1cccc(C(=O)Nc2ccccc2C(=O)N(C)Cc2ccccc2)c1[N+](=O)[O-]. The maximum atomic E-state index is 13.0. The number of anilines is 1. The number of aryl methyl sites for hydroxylation is 1. The molecule has 0 saturated carbocycles. The molecule has 0 radical (unpaired) electrons. The van der Waals surface area contributed by atoms with Crippen LogP contribution in [0, 0.1) is 17.0 Å². The zero-order valence-corrected chi connectivity index (χ0v) is 16.7. The van der Waals surface area contributed by atoms with Crippen LogP contribution in [0.5, 0.6) is 0 Å². The lowest BCUT2D eigenvalue weighted by atomic mass is 10.1. The van der Waals surface area contributed by atoms with Crippen molar-refractivity contribution >= 4 is 23.2 Å². The number of rotatable bonds is 6. The molecule has 0 atom stereocenters. The van der Waals surface area contributed by atoms with Crippen molar-refractivity contribution in [1.29, 1.82) is 0 Å². The lowest BCUT2D eigenvalue weighted by Gasteiger charge is -2.19. The second-order valence-electron chi connectivity index (χ2n) is 6.87. The highest BCUT2D eigenvalue weighted by Crippen LogP contribution is 2.25. The number of hydrogen-bond donors (Lipinski definition) is 1. The van der Waals surface area contributed by atoms with Crippen LogP contribution in [0.3, 0.4) is 0 Å². The Labute approximate surface area is 174 Å². The molecule has 3 aromatic rings. The van der Waals surface area contributed by atoms with Crippen molar-refractivity contribution in [2.24, 2.45) is 0 Å². The number of hydrogen-bond acceptors (Lipinski definition) is 4. The van der Waals surface area contributed by atoms with Gasteiger partial charge in [-0.15, -0.1) is 0 Å². The van der Waals surface area contributed by atoms with Crippen molar-refractivity contribution in [1.82, 2.24) is 4.90 Å². The Hall–Kier alpha value is -4.00. The molecule has 0 saturated heterocycles. The zero-order valence-electron chi connectivity index (χ0n) is 16.7. The maximum Gasteiger partial charge on any atom is 0.285 e. The van der Waals surface area contributed by atoms with E-state index in [1.165, 1.54) is 6.07 Å². The number of carbonyl (C=O) groups is 2. The molecule has 7 nitrogen and oxygen atoms in total.